The monoisotopic (exact) mass is 381 g/mol. The van der Waals surface area contributed by atoms with Gasteiger partial charge in [0.15, 0.2) is 0 Å². The first-order chi connectivity index (χ1) is 12.8. The van der Waals surface area contributed by atoms with Crippen molar-refractivity contribution in [2.24, 2.45) is 0 Å². The van der Waals surface area contributed by atoms with Gasteiger partial charge >= 0.3 is 0 Å². The lowest BCUT2D eigenvalue weighted by Crippen LogP contribution is -2.14. The minimum absolute atomic E-state index is 0.231. The molecular weight excluding hydrogens is 358 g/mol. The molecule has 0 bridgehead atoms. The van der Waals surface area contributed by atoms with E-state index in [1.807, 2.05) is 32.0 Å². The van der Waals surface area contributed by atoms with Crippen molar-refractivity contribution >= 4 is 21.5 Å². The normalized spacial score (nSPS) is 11.2. The lowest BCUT2D eigenvalue weighted by molar-refractivity contribution is 0.601. The molecule has 0 atom stereocenters. The highest BCUT2D eigenvalue weighted by atomic mass is 32.2. The van der Waals surface area contributed by atoms with Crippen molar-refractivity contribution in [3.8, 4) is 0 Å². The minimum Gasteiger partial charge on any atom is -0.380 e. The van der Waals surface area contributed by atoms with Crippen LogP contribution in [0.3, 0.4) is 0 Å². The number of sulfonamides is 1. The molecule has 0 unspecified atom stereocenters. The smallest absolute Gasteiger partial charge is 0.263 e. The second-order valence-corrected chi connectivity index (χ2v) is 8.25. The standard InChI is InChI=1S/C21H23N3O2S/c1-15-8-10-20(12-17(15)3)27(25,26)24-21-11-9-19(14-23-21)22-13-18-7-5-4-6-16(18)2/h4-12,14,22H,13H2,1-3H3,(H,23,24). The van der Waals surface area contributed by atoms with Gasteiger partial charge in [0.25, 0.3) is 10.0 Å². The lowest BCUT2D eigenvalue weighted by Gasteiger charge is -2.11. The molecule has 0 spiro atoms. The van der Waals surface area contributed by atoms with E-state index in [-0.39, 0.29) is 10.7 Å². The minimum atomic E-state index is -3.66. The maximum absolute atomic E-state index is 12.5. The van der Waals surface area contributed by atoms with E-state index < -0.39 is 10.0 Å². The average Bonchev–Trinajstić information content (AvgIpc) is 2.64. The number of pyridine rings is 1. The highest BCUT2D eigenvalue weighted by molar-refractivity contribution is 7.92. The first-order valence-corrected chi connectivity index (χ1v) is 10.2. The summed E-state index contributed by atoms with van der Waals surface area (Å²) in [5.74, 6) is 0.287. The second kappa shape index (κ2) is 7.80. The fourth-order valence-corrected chi connectivity index (χ4v) is 3.74. The third-order valence-corrected chi connectivity index (χ3v) is 5.89. The maximum Gasteiger partial charge on any atom is 0.263 e. The summed E-state index contributed by atoms with van der Waals surface area (Å²) in [6.07, 6.45) is 1.62. The molecule has 1 aromatic heterocycles. The van der Waals surface area contributed by atoms with Crippen LogP contribution in [0.1, 0.15) is 22.3 Å². The van der Waals surface area contributed by atoms with E-state index >= 15 is 0 Å². The van der Waals surface area contributed by atoms with E-state index in [1.165, 1.54) is 11.1 Å². The summed E-state index contributed by atoms with van der Waals surface area (Å²) in [5.41, 5.74) is 5.23. The van der Waals surface area contributed by atoms with E-state index in [4.69, 9.17) is 0 Å². The van der Waals surface area contributed by atoms with Crippen molar-refractivity contribution in [2.75, 3.05) is 10.0 Å². The number of benzene rings is 2. The molecular formula is C21H23N3O2S. The molecule has 1 heterocycles. The molecule has 0 aliphatic carbocycles. The van der Waals surface area contributed by atoms with Crippen LogP contribution in [0.4, 0.5) is 11.5 Å². The Balaban J connectivity index is 1.68. The molecule has 27 heavy (non-hydrogen) atoms. The zero-order valence-electron chi connectivity index (χ0n) is 15.7. The average molecular weight is 382 g/mol. The molecule has 0 saturated heterocycles. The van der Waals surface area contributed by atoms with Gasteiger partial charge in [0.2, 0.25) is 0 Å². The molecule has 0 radical (unpaired) electrons. The molecule has 0 aliphatic heterocycles. The first kappa shape index (κ1) is 18.9. The topological polar surface area (TPSA) is 71.1 Å². The summed E-state index contributed by atoms with van der Waals surface area (Å²) in [5, 5.41) is 3.30. The number of rotatable bonds is 6. The predicted octanol–water partition coefficient (Wildman–Crippen LogP) is 4.42. The van der Waals surface area contributed by atoms with Crippen molar-refractivity contribution in [1.82, 2.24) is 4.98 Å². The van der Waals surface area contributed by atoms with Crippen molar-refractivity contribution in [2.45, 2.75) is 32.2 Å². The van der Waals surface area contributed by atoms with E-state index in [9.17, 15) is 8.42 Å². The molecule has 0 aliphatic rings. The Bertz CT molecular complexity index is 1050. The van der Waals surface area contributed by atoms with Gasteiger partial charge in [0, 0.05) is 6.54 Å². The van der Waals surface area contributed by atoms with Gasteiger partial charge in [-0.25, -0.2) is 13.4 Å². The van der Waals surface area contributed by atoms with Crippen LogP contribution in [0.15, 0.2) is 65.7 Å². The highest BCUT2D eigenvalue weighted by Crippen LogP contribution is 2.19. The lowest BCUT2D eigenvalue weighted by atomic mass is 10.1. The first-order valence-electron chi connectivity index (χ1n) is 8.70. The Morgan fingerprint density at radius 1 is 0.889 bits per heavy atom. The Morgan fingerprint density at radius 2 is 1.67 bits per heavy atom. The molecule has 0 amide bonds. The zero-order chi connectivity index (χ0) is 19.4. The van der Waals surface area contributed by atoms with Crippen LogP contribution >= 0.6 is 0 Å². The van der Waals surface area contributed by atoms with E-state index in [0.717, 1.165) is 16.8 Å². The Labute approximate surface area is 160 Å². The largest absolute Gasteiger partial charge is 0.380 e. The second-order valence-electron chi connectivity index (χ2n) is 6.56. The Hall–Kier alpha value is -2.86. The van der Waals surface area contributed by atoms with Crippen molar-refractivity contribution in [3.05, 3.63) is 83.0 Å². The van der Waals surface area contributed by atoms with Crippen LogP contribution in [-0.4, -0.2) is 13.4 Å². The molecule has 3 rings (SSSR count). The summed E-state index contributed by atoms with van der Waals surface area (Å²) in [6.45, 7) is 6.59. The molecule has 0 saturated carbocycles. The molecule has 2 aromatic carbocycles. The molecule has 140 valence electrons. The van der Waals surface area contributed by atoms with Crippen LogP contribution in [0.25, 0.3) is 0 Å². The molecule has 5 nitrogen and oxygen atoms in total. The Morgan fingerprint density at radius 3 is 2.33 bits per heavy atom. The number of nitrogens with one attached hydrogen (secondary N) is 2. The maximum atomic E-state index is 12.5. The number of aryl methyl sites for hydroxylation is 3. The van der Waals surface area contributed by atoms with Crippen LogP contribution in [0.5, 0.6) is 0 Å². The SMILES string of the molecule is Cc1ccc(S(=O)(=O)Nc2ccc(NCc3ccccc3C)cn2)cc1C. The van der Waals surface area contributed by atoms with Crippen LogP contribution < -0.4 is 10.0 Å². The number of hydrogen-bond donors (Lipinski definition) is 2. The highest BCUT2D eigenvalue weighted by Gasteiger charge is 2.15. The Kier molecular flexibility index (Phi) is 5.46. The summed E-state index contributed by atoms with van der Waals surface area (Å²) in [4.78, 5) is 4.44. The van der Waals surface area contributed by atoms with Gasteiger partial charge < -0.3 is 5.32 Å². The third kappa shape index (κ3) is 4.65. The molecule has 6 heteroatoms. The van der Waals surface area contributed by atoms with Gasteiger partial charge in [-0.05, 0) is 67.3 Å². The van der Waals surface area contributed by atoms with E-state index in [2.05, 4.69) is 34.1 Å². The number of nitrogens with zero attached hydrogens (tertiary/aromatic N) is 1. The fourth-order valence-electron chi connectivity index (χ4n) is 2.64. The van der Waals surface area contributed by atoms with E-state index in [1.54, 1.807) is 30.5 Å². The summed E-state index contributed by atoms with van der Waals surface area (Å²) in [6, 6.07) is 16.7. The quantitative estimate of drug-likeness (QED) is 0.663. The van der Waals surface area contributed by atoms with Gasteiger partial charge in [0.05, 0.1) is 16.8 Å². The van der Waals surface area contributed by atoms with Crippen LogP contribution in [0, 0.1) is 20.8 Å². The van der Waals surface area contributed by atoms with Crippen molar-refractivity contribution in [3.63, 3.8) is 0 Å². The van der Waals surface area contributed by atoms with E-state index in [0.29, 0.717) is 6.54 Å². The number of aromatic nitrogens is 1. The molecule has 3 aromatic rings. The van der Waals surface area contributed by atoms with Crippen LogP contribution in [-0.2, 0) is 16.6 Å². The van der Waals surface area contributed by atoms with Gasteiger partial charge in [-0.1, -0.05) is 30.3 Å². The van der Waals surface area contributed by atoms with Gasteiger partial charge in [-0.3, -0.25) is 4.72 Å². The third-order valence-electron chi connectivity index (χ3n) is 4.54. The van der Waals surface area contributed by atoms with Gasteiger partial charge in [-0.2, -0.15) is 0 Å². The van der Waals surface area contributed by atoms with Crippen molar-refractivity contribution in [1.29, 1.82) is 0 Å². The summed E-state index contributed by atoms with van der Waals surface area (Å²) < 4.78 is 27.6. The van der Waals surface area contributed by atoms with Crippen LogP contribution in [0.2, 0.25) is 0 Å². The number of anilines is 2. The van der Waals surface area contributed by atoms with Gasteiger partial charge in [0.1, 0.15) is 5.82 Å². The fraction of sp³-hybridized carbons (Fsp3) is 0.190. The molecule has 2 N–H and O–H groups in total. The zero-order valence-corrected chi connectivity index (χ0v) is 16.5. The van der Waals surface area contributed by atoms with Crippen molar-refractivity contribution < 1.29 is 8.42 Å². The molecule has 0 fully saturated rings. The van der Waals surface area contributed by atoms with Gasteiger partial charge in [-0.15, -0.1) is 0 Å². The number of hydrogen-bond acceptors (Lipinski definition) is 4. The summed E-state index contributed by atoms with van der Waals surface area (Å²) in [7, 11) is -3.66. The summed E-state index contributed by atoms with van der Waals surface area (Å²) >= 11 is 0. The predicted molar refractivity (Wildman–Crippen MR) is 109 cm³/mol.